The molecule has 0 unspecified atom stereocenters. The Hall–Kier alpha value is -1.32. The van der Waals surface area contributed by atoms with Crippen LogP contribution in [0, 0.1) is 0 Å². The molecule has 0 spiro atoms. The lowest BCUT2D eigenvalue weighted by molar-refractivity contribution is 0.0594. The molecule has 1 aromatic rings. The van der Waals surface area contributed by atoms with Crippen LogP contribution in [-0.2, 0) is 4.84 Å². The molecule has 15 heavy (non-hydrogen) atoms. The van der Waals surface area contributed by atoms with Gasteiger partial charge < -0.3 is 4.74 Å². The summed E-state index contributed by atoms with van der Waals surface area (Å²) in [5, 5.41) is 0. The second-order valence-corrected chi connectivity index (χ2v) is 3.01. The first-order chi connectivity index (χ1) is 7.43. The summed E-state index contributed by atoms with van der Waals surface area (Å²) in [7, 11) is 0. The van der Waals surface area contributed by atoms with E-state index in [2.05, 4.69) is 12.1 Å². The Morgan fingerprint density at radius 1 is 1.27 bits per heavy atom. The molecule has 0 amide bonds. The molecule has 0 atom stereocenters. The fraction of sp³-hybridized carbons (Fsp3) is 0.333. The summed E-state index contributed by atoms with van der Waals surface area (Å²) in [5.41, 5.74) is 2.82. The number of ether oxygens (including phenoxy) is 1. The maximum Gasteiger partial charge on any atom is 0.119 e. The topological polar surface area (TPSA) is 30.5 Å². The van der Waals surface area contributed by atoms with Gasteiger partial charge in [-0.3, -0.25) is 4.84 Å². The van der Waals surface area contributed by atoms with E-state index in [0.29, 0.717) is 13.2 Å². The molecule has 0 saturated heterocycles. The monoisotopic (exact) mass is 207 g/mol. The Balaban J connectivity index is 1.95. The predicted molar refractivity (Wildman–Crippen MR) is 60.7 cm³/mol. The molecule has 0 heterocycles. The van der Waals surface area contributed by atoms with Crippen LogP contribution >= 0.6 is 0 Å². The number of benzene rings is 1. The van der Waals surface area contributed by atoms with Gasteiger partial charge in [0, 0.05) is 6.54 Å². The Bertz CT molecular complexity index is 262. The molecule has 0 fully saturated rings. The third-order valence-electron chi connectivity index (χ3n) is 1.74. The summed E-state index contributed by atoms with van der Waals surface area (Å²) in [5.74, 6) is 0.907. The largest absolute Gasteiger partial charge is 0.494 e. The number of nitrogens with one attached hydrogen (secondary N) is 1. The van der Waals surface area contributed by atoms with Crippen LogP contribution in [0.1, 0.15) is 6.42 Å². The maximum absolute atomic E-state index is 5.50. The minimum Gasteiger partial charge on any atom is -0.494 e. The summed E-state index contributed by atoms with van der Waals surface area (Å²) >= 11 is 0. The Labute approximate surface area is 90.7 Å². The van der Waals surface area contributed by atoms with Crippen molar-refractivity contribution in [2.24, 2.45) is 0 Å². The summed E-state index contributed by atoms with van der Waals surface area (Å²) < 4.78 is 5.50. The molecular formula is C12H17NO2. The van der Waals surface area contributed by atoms with Crippen molar-refractivity contribution in [1.82, 2.24) is 5.48 Å². The molecule has 3 heteroatoms. The zero-order valence-corrected chi connectivity index (χ0v) is 8.82. The van der Waals surface area contributed by atoms with E-state index in [9.17, 15) is 0 Å². The zero-order valence-electron chi connectivity index (χ0n) is 8.82. The van der Waals surface area contributed by atoms with Gasteiger partial charge in [-0.2, -0.15) is 0 Å². The second kappa shape index (κ2) is 8.03. The van der Waals surface area contributed by atoms with Crippen molar-refractivity contribution in [1.29, 1.82) is 0 Å². The number of rotatable bonds is 8. The summed E-state index contributed by atoms with van der Waals surface area (Å²) in [6.45, 7) is 5.54. The number of para-hydroxylation sites is 1. The number of hydroxylamine groups is 1. The highest BCUT2D eigenvalue weighted by molar-refractivity contribution is 5.20. The average Bonchev–Trinajstić information content (AvgIpc) is 2.29. The molecule has 0 radical (unpaired) electrons. The number of hydrogen-bond donors (Lipinski definition) is 1. The van der Waals surface area contributed by atoms with E-state index in [4.69, 9.17) is 9.57 Å². The van der Waals surface area contributed by atoms with Gasteiger partial charge in [0.2, 0.25) is 0 Å². The summed E-state index contributed by atoms with van der Waals surface area (Å²) in [6, 6.07) is 9.78. The van der Waals surface area contributed by atoms with Crippen molar-refractivity contribution in [3.63, 3.8) is 0 Å². The van der Waals surface area contributed by atoms with E-state index < -0.39 is 0 Å². The quantitative estimate of drug-likeness (QED) is 0.402. The van der Waals surface area contributed by atoms with Gasteiger partial charge >= 0.3 is 0 Å². The van der Waals surface area contributed by atoms with Gasteiger partial charge in [0.05, 0.1) is 13.2 Å². The highest BCUT2D eigenvalue weighted by Gasteiger charge is 1.91. The standard InChI is InChI=1S/C12H17NO2/c1-2-10-15-13-9-6-11-14-12-7-4-3-5-8-12/h2-5,7-8,13H,1,6,9-11H2. The van der Waals surface area contributed by atoms with Gasteiger partial charge in [-0.25, -0.2) is 5.48 Å². The highest BCUT2D eigenvalue weighted by atomic mass is 16.6. The molecule has 0 bridgehead atoms. The minimum atomic E-state index is 0.527. The first kappa shape index (κ1) is 11.8. The van der Waals surface area contributed by atoms with E-state index in [1.54, 1.807) is 6.08 Å². The molecule has 0 aliphatic heterocycles. The van der Waals surface area contributed by atoms with Crippen LogP contribution in [-0.4, -0.2) is 19.8 Å². The van der Waals surface area contributed by atoms with Gasteiger partial charge in [-0.15, -0.1) is 6.58 Å². The number of hydrogen-bond acceptors (Lipinski definition) is 3. The fourth-order valence-electron chi connectivity index (χ4n) is 1.04. The first-order valence-electron chi connectivity index (χ1n) is 5.07. The lowest BCUT2D eigenvalue weighted by Gasteiger charge is -2.06. The van der Waals surface area contributed by atoms with Crippen LogP contribution in [0.3, 0.4) is 0 Å². The van der Waals surface area contributed by atoms with Gasteiger partial charge in [0.25, 0.3) is 0 Å². The van der Waals surface area contributed by atoms with Crippen molar-refractivity contribution in [3.05, 3.63) is 43.0 Å². The molecule has 1 aromatic carbocycles. The average molecular weight is 207 g/mol. The SMILES string of the molecule is C=CCONCCCOc1ccccc1. The van der Waals surface area contributed by atoms with Gasteiger partial charge in [-0.1, -0.05) is 24.3 Å². The lowest BCUT2D eigenvalue weighted by Crippen LogP contribution is -2.18. The van der Waals surface area contributed by atoms with Crippen molar-refractivity contribution < 1.29 is 9.57 Å². The van der Waals surface area contributed by atoms with E-state index in [-0.39, 0.29) is 0 Å². The molecule has 0 aliphatic rings. The Kier molecular flexibility index (Phi) is 6.29. The third-order valence-corrected chi connectivity index (χ3v) is 1.74. The van der Waals surface area contributed by atoms with Crippen LogP contribution < -0.4 is 10.2 Å². The summed E-state index contributed by atoms with van der Waals surface area (Å²) in [6.07, 6.45) is 2.61. The smallest absolute Gasteiger partial charge is 0.119 e. The van der Waals surface area contributed by atoms with Crippen LogP contribution in [0.15, 0.2) is 43.0 Å². The van der Waals surface area contributed by atoms with E-state index in [1.165, 1.54) is 0 Å². The fourth-order valence-corrected chi connectivity index (χ4v) is 1.04. The molecule has 1 N–H and O–H groups in total. The normalized spacial score (nSPS) is 9.87. The molecule has 82 valence electrons. The Morgan fingerprint density at radius 3 is 2.80 bits per heavy atom. The molecule has 0 saturated carbocycles. The first-order valence-corrected chi connectivity index (χ1v) is 5.07. The van der Waals surface area contributed by atoms with Crippen molar-refractivity contribution in [2.45, 2.75) is 6.42 Å². The van der Waals surface area contributed by atoms with Crippen LogP contribution in [0.4, 0.5) is 0 Å². The van der Waals surface area contributed by atoms with Crippen LogP contribution in [0.25, 0.3) is 0 Å². The van der Waals surface area contributed by atoms with Gasteiger partial charge in [-0.05, 0) is 18.6 Å². The molecule has 1 rings (SSSR count). The molecular weight excluding hydrogens is 190 g/mol. The summed E-state index contributed by atoms with van der Waals surface area (Å²) in [4.78, 5) is 5.01. The van der Waals surface area contributed by atoms with Gasteiger partial charge in [0.15, 0.2) is 0 Å². The van der Waals surface area contributed by atoms with Gasteiger partial charge in [0.1, 0.15) is 5.75 Å². The predicted octanol–water partition coefficient (Wildman–Crippen LogP) is 2.16. The van der Waals surface area contributed by atoms with E-state index >= 15 is 0 Å². The zero-order chi connectivity index (χ0) is 10.8. The maximum atomic E-state index is 5.50. The second-order valence-electron chi connectivity index (χ2n) is 3.01. The highest BCUT2D eigenvalue weighted by Crippen LogP contribution is 2.07. The molecule has 0 aliphatic carbocycles. The molecule has 3 nitrogen and oxygen atoms in total. The van der Waals surface area contributed by atoms with Crippen molar-refractivity contribution in [3.8, 4) is 5.75 Å². The molecule has 0 aromatic heterocycles. The van der Waals surface area contributed by atoms with Crippen molar-refractivity contribution >= 4 is 0 Å². The Morgan fingerprint density at radius 2 is 2.07 bits per heavy atom. The van der Waals surface area contributed by atoms with Crippen LogP contribution in [0.5, 0.6) is 5.75 Å². The lowest BCUT2D eigenvalue weighted by atomic mass is 10.3. The van der Waals surface area contributed by atoms with E-state index in [0.717, 1.165) is 18.7 Å². The minimum absolute atomic E-state index is 0.527. The van der Waals surface area contributed by atoms with E-state index in [1.807, 2.05) is 30.3 Å². The third kappa shape index (κ3) is 5.88. The van der Waals surface area contributed by atoms with Crippen molar-refractivity contribution in [2.75, 3.05) is 19.8 Å². The van der Waals surface area contributed by atoms with Crippen LogP contribution in [0.2, 0.25) is 0 Å².